The normalized spacial score (nSPS) is 4.50. The van der Waals surface area contributed by atoms with Gasteiger partial charge in [-0.3, -0.25) is 0 Å². The topological polar surface area (TPSA) is 0 Å². The molecule has 0 aliphatic rings. The van der Waals surface area contributed by atoms with Crippen molar-refractivity contribution in [3.05, 3.63) is 0 Å². The van der Waals surface area contributed by atoms with E-state index in [2.05, 4.69) is 14.8 Å². The van der Waals surface area contributed by atoms with Crippen molar-refractivity contribution >= 4 is 43.1 Å². The molecule has 0 aromatic rings. The van der Waals surface area contributed by atoms with Gasteiger partial charge in [0.05, 0.1) is 0 Å². The fraction of sp³-hybridized carbons (Fsp3) is 1.00. The van der Waals surface area contributed by atoms with Crippen LogP contribution in [0.3, 0.4) is 0 Å². The summed E-state index contributed by atoms with van der Waals surface area (Å²) in [6, 6.07) is 0. The molecule has 0 aromatic carbocycles. The van der Waals surface area contributed by atoms with Crippen LogP contribution in [-0.4, -0.2) is 19.8 Å². The van der Waals surface area contributed by atoms with Crippen LogP contribution in [0.15, 0.2) is 0 Å². The fourth-order valence-electron chi connectivity index (χ4n) is 0. The maximum atomic E-state index is 3.96. The molecule has 0 unspecified atom stereocenters. The summed E-state index contributed by atoms with van der Waals surface area (Å²) in [6.07, 6.45) is 0. The molecule has 0 atom stereocenters. The summed E-state index contributed by atoms with van der Waals surface area (Å²) in [5.74, 6) is 0. The molecule has 0 N–H and O–H groups in total. The second-order valence-corrected chi connectivity index (χ2v) is 4.50. The van der Waals surface area contributed by atoms with Gasteiger partial charge in [-0.1, -0.05) is 0 Å². The summed E-state index contributed by atoms with van der Waals surface area (Å²) < 4.78 is 0. The van der Waals surface area contributed by atoms with Crippen LogP contribution in [0.5, 0.6) is 0 Å². The number of thiol groups is 1. The minimum absolute atomic E-state index is 0. The van der Waals surface area contributed by atoms with Crippen molar-refractivity contribution in [3.63, 3.8) is 0 Å². The molecule has 0 aliphatic carbocycles. The summed E-state index contributed by atoms with van der Waals surface area (Å²) in [6.45, 7) is 0. The summed E-state index contributed by atoms with van der Waals surface area (Å²) in [7, 11) is 3.96. The third kappa shape index (κ3) is 9.73. The summed E-state index contributed by atoms with van der Waals surface area (Å²) >= 11 is -0.0756. The zero-order valence-corrected chi connectivity index (χ0v) is 7.20. The number of hydrogen-bond acceptors (Lipinski definition) is 1. The zero-order valence-electron chi connectivity index (χ0n) is 2.45. The Balaban J connectivity index is 0. The van der Waals surface area contributed by atoms with Crippen LogP contribution < -0.4 is 0 Å². The third-order valence-corrected chi connectivity index (χ3v) is 0. The minimum atomic E-state index is -0.0756. The average Bonchev–Trinajstić information content (AvgIpc) is 0.918. The van der Waals surface area contributed by atoms with E-state index in [1.807, 2.05) is 0 Å². The van der Waals surface area contributed by atoms with Crippen molar-refractivity contribution in [1.29, 1.82) is 0 Å². The predicted octanol–water partition coefficient (Wildman–Crippen LogP) is 0.696. The quantitative estimate of drug-likeness (QED) is 0.432. The van der Waals surface area contributed by atoms with E-state index in [-0.39, 0.29) is 33.3 Å². The van der Waals surface area contributed by atoms with Crippen molar-refractivity contribution in [1.82, 2.24) is 0 Å². The van der Waals surface area contributed by atoms with Crippen LogP contribution in [0.2, 0.25) is 4.94 Å². The molecule has 0 saturated heterocycles. The second kappa shape index (κ2) is 8.82. The first-order valence-electron chi connectivity index (χ1n) is 0.724. The zero-order chi connectivity index (χ0) is 2.71. The third-order valence-electron chi connectivity index (χ3n) is 0. The molecule has 0 spiro atoms. The van der Waals surface area contributed by atoms with Gasteiger partial charge in [-0.25, -0.2) is 0 Å². The fourth-order valence-corrected chi connectivity index (χ4v) is 0. The van der Waals surface area contributed by atoms with E-state index in [1.54, 1.807) is 0 Å². The van der Waals surface area contributed by atoms with Gasteiger partial charge < -0.3 is 0 Å². The van der Waals surface area contributed by atoms with E-state index in [0.29, 0.717) is 0 Å². The molecule has 0 amide bonds. The van der Waals surface area contributed by atoms with Gasteiger partial charge in [0, 0.05) is 0 Å². The van der Waals surface area contributed by atoms with E-state index in [9.17, 15) is 0 Å². The molecular formula is CH6S2Sn. The van der Waals surface area contributed by atoms with Crippen LogP contribution in [0, 0.1) is 0 Å². The van der Waals surface area contributed by atoms with Crippen molar-refractivity contribution in [2.24, 2.45) is 0 Å². The summed E-state index contributed by atoms with van der Waals surface area (Å²) in [5.41, 5.74) is 0. The van der Waals surface area contributed by atoms with Gasteiger partial charge in [-0.15, -0.1) is 0 Å². The SMILES string of the molecule is S.[CH3][Sn][SH]. The van der Waals surface area contributed by atoms with E-state index in [0.717, 1.165) is 0 Å². The second-order valence-electron chi connectivity index (χ2n) is 0.224. The van der Waals surface area contributed by atoms with E-state index < -0.39 is 0 Å². The van der Waals surface area contributed by atoms with Crippen LogP contribution >= 0.6 is 23.3 Å². The molecule has 0 fully saturated rings. The Morgan fingerprint density at radius 2 is 1.75 bits per heavy atom. The molecule has 0 saturated carbocycles. The molecule has 2 radical (unpaired) electrons. The van der Waals surface area contributed by atoms with Gasteiger partial charge in [0.25, 0.3) is 0 Å². The van der Waals surface area contributed by atoms with Gasteiger partial charge in [-0.05, 0) is 0 Å². The Labute approximate surface area is 47.9 Å². The van der Waals surface area contributed by atoms with Crippen LogP contribution in [0.1, 0.15) is 0 Å². The van der Waals surface area contributed by atoms with Crippen LogP contribution in [-0.2, 0) is 0 Å². The van der Waals surface area contributed by atoms with Crippen molar-refractivity contribution < 1.29 is 0 Å². The molecule has 4 heavy (non-hydrogen) atoms. The van der Waals surface area contributed by atoms with E-state index in [4.69, 9.17) is 0 Å². The molecule has 0 nitrogen and oxygen atoms in total. The first-order chi connectivity index (χ1) is 1.41. The molecule has 0 aromatic heterocycles. The predicted molar refractivity (Wildman–Crippen MR) is 31.0 cm³/mol. The summed E-state index contributed by atoms with van der Waals surface area (Å²) in [5, 5.41) is 0. The molecule has 0 bridgehead atoms. The number of hydrogen-bond donors (Lipinski definition) is 1. The first-order valence-corrected chi connectivity index (χ1v) is 7.85. The summed E-state index contributed by atoms with van der Waals surface area (Å²) in [4.78, 5) is 2.16. The Morgan fingerprint density at radius 3 is 1.75 bits per heavy atom. The average molecular weight is 201 g/mol. The Bertz CT molecular complexity index is 6.00. The van der Waals surface area contributed by atoms with Gasteiger partial charge in [0.15, 0.2) is 0 Å². The molecule has 3 heteroatoms. The van der Waals surface area contributed by atoms with Crippen molar-refractivity contribution in [2.45, 2.75) is 4.94 Å². The molecule has 0 aliphatic heterocycles. The monoisotopic (exact) mass is 202 g/mol. The van der Waals surface area contributed by atoms with Crippen LogP contribution in [0.25, 0.3) is 0 Å². The molecule has 0 rings (SSSR count). The molecule has 26 valence electrons. The Kier molecular flexibility index (Phi) is 20.0. The van der Waals surface area contributed by atoms with Gasteiger partial charge in [-0.2, -0.15) is 13.5 Å². The molecule has 0 heterocycles. The van der Waals surface area contributed by atoms with Gasteiger partial charge in [0.1, 0.15) is 0 Å². The molecular weight excluding hydrogens is 195 g/mol. The Hall–Kier alpha value is 1.50. The Morgan fingerprint density at radius 1 is 1.75 bits per heavy atom. The van der Waals surface area contributed by atoms with E-state index in [1.165, 1.54) is 0 Å². The number of rotatable bonds is 0. The maximum absolute atomic E-state index is 3.96. The van der Waals surface area contributed by atoms with E-state index >= 15 is 0 Å². The van der Waals surface area contributed by atoms with Gasteiger partial charge in [0.2, 0.25) is 0 Å². The van der Waals surface area contributed by atoms with Gasteiger partial charge >= 0.3 is 34.5 Å². The van der Waals surface area contributed by atoms with Crippen molar-refractivity contribution in [3.8, 4) is 0 Å². The van der Waals surface area contributed by atoms with Crippen molar-refractivity contribution in [2.75, 3.05) is 0 Å². The standard InChI is InChI=1S/CH3.2H2S.Sn/h1H3;2*1H2;/q;;;+1/p-1. The van der Waals surface area contributed by atoms with Crippen LogP contribution in [0.4, 0.5) is 0 Å². The first kappa shape index (κ1) is 9.09.